The molecule has 2 aromatic rings. The summed E-state index contributed by atoms with van der Waals surface area (Å²) in [6, 6.07) is 8.96. The zero-order valence-corrected chi connectivity index (χ0v) is 13.7. The third-order valence-corrected chi connectivity index (χ3v) is 4.81. The lowest BCUT2D eigenvalue weighted by atomic mass is 10.2. The number of anilines is 3. The first-order valence-corrected chi connectivity index (χ1v) is 8.64. The fraction of sp³-hybridized carbons (Fsp3) is 0.444. The summed E-state index contributed by atoms with van der Waals surface area (Å²) in [6.07, 6.45) is 4.28. The Balaban J connectivity index is 1.44. The maximum atomic E-state index is 13.9. The third kappa shape index (κ3) is 3.00. The number of piperazine rings is 1. The van der Waals surface area contributed by atoms with Gasteiger partial charge in [0.25, 0.3) is 0 Å². The molecule has 126 valence electrons. The summed E-state index contributed by atoms with van der Waals surface area (Å²) >= 11 is 0. The average molecular weight is 327 g/mol. The summed E-state index contributed by atoms with van der Waals surface area (Å²) in [4.78, 5) is 15.8. The fourth-order valence-electron chi connectivity index (χ4n) is 3.47. The molecule has 3 heterocycles. The highest BCUT2D eigenvalue weighted by molar-refractivity contribution is 5.51. The summed E-state index contributed by atoms with van der Waals surface area (Å²) in [7, 11) is 0. The molecule has 0 N–H and O–H groups in total. The van der Waals surface area contributed by atoms with E-state index in [4.69, 9.17) is 4.98 Å². The highest BCUT2D eigenvalue weighted by Gasteiger charge is 2.21. The minimum absolute atomic E-state index is 0.149. The standard InChI is InChI=1S/C18H22FN5/c19-15-5-1-2-6-16(15)22-11-13-23(14-12-22)17-7-8-20-18(21-17)24-9-3-4-10-24/h1-2,5-8H,3-4,9-14H2. The van der Waals surface area contributed by atoms with Crippen molar-refractivity contribution in [1.82, 2.24) is 9.97 Å². The van der Waals surface area contributed by atoms with Crippen molar-refractivity contribution in [2.45, 2.75) is 12.8 Å². The highest BCUT2D eigenvalue weighted by atomic mass is 19.1. The average Bonchev–Trinajstić information content (AvgIpc) is 3.17. The van der Waals surface area contributed by atoms with Gasteiger partial charge in [0.1, 0.15) is 11.6 Å². The first-order chi connectivity index (χ1) is 11.8. The van der Waals surface area contributed by atoms with Gasteiger partial charge in [-0.3, -0.25) is 0 Å². The minimum atomic E-state index is -0.149. The SMILES string of the molecule is Fc1ccccc1N1CCN(c2ccnc(N3CCCC3)n2)CC1. The monoisotopic (exact) mass is 327 g/mol. The van der Waals surface area contributed by atoms with E-state index in [2.05, 4.69) is 19.7 Å². The van der Waals surface area contributed by atoms with E-state index in [0.29, 0.717) is 5.69 Å². The topological polar surface area (TPSA) is 35.5 Å². The Morgan fingerprint density at radius 2 is 1.50 bits per heavy atom. The second-order valence-electron chi connectivity index (χ2n) is 6.33. The maximum Gasteiger partial charge on any atom is 0.227 e. The van der Waals surface area contributed by atoms with E-state index in [1.54, 1.807) is 6.07 Å². The van der Waals surface area contributed by atoms with Crippen molar-refractivity contribution < 1.29 is 4.39 Å². The lowest BCUT2D eigenvalue weighted by Gasteiger charge is -2.37. The summed E-state index contributed by atoms with van der Waals surface area (Å²) < 4.78 is 13.9. The molecular formula is C18H22FN5. The molecule has 5 nitrogen and oxygen atoms in total. The molecule has 0 amide bonds. The number of aromatic nitrogens is 2. The van der Waals surface area contributed by atoms with Gasteiger partial charge < -0.3 is 14.7 Å². The predicted molar refractivity (Wildman–Crippen MR) is 94.3 cm³/mol. The van der Waals surface area contributed by atoms with Crippen molar-refractivity contribution in [3.8, 4) is 0 Å². The zero-order chi connectivity index (χ0) is 16.4. The molecule has 2 fully saturated rings. The molecule has 0 unspecified atom stereocenters. The molecule has 0 bridgehead atoms. The minimum Gasteiger partial charge on any atom is -0.366 e. The van der Waals surface area contributed by atoms with Crippen LogP contribution in [0.15, 0.2) is 36.5 Å². The lowest BCUT2D eigenvalue weighted by Crippen LogP contribution is -2.47. The molecule has 2 aliphatic heterocycles. The lowest BCUT2D eigenvalue weighted by molar-refractivity contribution is 0.596. The number of hydrogen-bond donors (Lipinski definition) is 0. The first-order valence-electron chi connectivity index (χ1n) is 8.64. The van der Waals surface area contributed by atoms with Crippen LogP contribution >= 0.6 is 0 Å². The van der Waals surface area contributed by atoms with Crippen LogP contribution in [0, 0.1) is 5.82 Å². The molecule has 0 radical (unpaired) electrons. The molecule has 2 aliphatic rings. The molecule has 24 heavy (non-hydrogen) atoms. The van der Waals surface area contributed by atoms with Gasteiger partial charge >= 0.3 is 0 Å². The van der Waals surface area contributed by atoms with E-state index in [1.165, 1.54) is 18.9 Å². The largest absolute Gasteiger partial charge is 0.366 e. The molecule has 1 aromatic heterocycles. The fourth-order valence-corrected chi connectivity index (χ4v) is 3.47. The third-order valence-electron chi connectivity index (χ3n) is 4.81. The second kappa shape index (κ2) is 6.63. The van der Waals surface area contributed by atoms with E-state index in [-0.39, 0.29) is 5.82 Å². The van der Waals surface area contributed by atoms with E-state index in [9.17, 15) is 4.39 Å². The molecule has 2 saturated heterocycles. The molecule has 0 saturated carbocycles. The van der Waals surface area contributed by atoms with Crippen molar-refractivity contribution in [3.05, 3.63) is 42.3 Å². The summed E-state index contributed by atoms with van der Waals surface area (Å²) in [5, 5.41) is 0. The number of hydrogen-bond acceptors (Lipinski definition) is 5. The smallest absolute Gasteiger partial charge is 0.227 e. The summed E-state index contributed by atoms with van der Waals surface area (Å²) in [5.41, 5.74) is 0.692. The summed E-state index contributed by atoms with van der Waals surface area (Å²) in [6.45, 7) is 5.36. The van der Waals surface area contributed by atoms with Gasteiger partial charge in [-0.25, -0.2) is 9.37 Å². The molecule has 1 aromatic carbocycles. The highest BCUT2D eigenvalue weighted by Crippen LogP contribution is 2.23. The van der Waals surface area contributed by atoms with Gasteiger partial charge in [-0.1, -0.05) is 12.1 Å². The van der Waals surface area contributed by atoms with Gasteiger partial charge in [-0.05, 0) is 31.0 Å². The van der Waals surface area contributed by atoms with Gasteiger partial charge in [0.15, 0.2) is 0 Å². The van der Waals surface area contributed by atoms with Crippen LogP contribution in [-0.4, -0.2) is 49.2 Å². The maximum absolute atomic E-state index is 13.9. The number of benzene rings is 1. The molecule has 6 heteroatoms. The Hall–Kier alpha value is -2.37. The van der Waals surface area contributed by atoms with Crippen LogP contribution in [0.1, 0.15) is 12.8 Å². The van der Waals surface area contributed by atoms with E-state index in [0.717, 1.165) is 51.0 Å². The molecule has 0 atom stereocenters. The zero-order valence-electron chi connectivity index (χ0n) is 13.7. The van der Waals surface area contributed by atoms with Crippen molar-refractivity contribution >= 4 is 17.5 Å². The van der Waals surface area contributed by atoms with E-state index >= 15 is 0 Å². The Labute approximate surface area is 141 Å². The van der Waals surface area contributed by atoms with Gasteiger partial charge in [0, 0.05) is 45.5 Å². The van der Waals surface area contributed by atoms with Crippen LogP contribution in [0.3, 0.4) is 0 Å². The Bertz CT molecular complexity index is 693. The van der Waals surface area contributed by atoms with Crippen LogP contribution in [0.25, 0.3) is 0 Å². The van der Waals surface area contributed by atoms with Crippen LogP contribution in [-0.2, 0) is 0 Å². The number of halogens is 1. The Morgan fingerprint density at radius 1 is 0.792 bits per heavy atom. The quantitative estimate of drug-likeness (QED) is 0.866. The summed E-state index contributed by atoms with van der Waals surface area (Å²) in [5.74, 6) is 1.66. The predicted octanol–water partition coefficient (Wildman–Crippen LogP) is 2.54. The van der Waals surface area contributed by atoms with Crippen molar-refractivity contribution in [2.75, 3.05) is 54.0 Å². The molecule has 0 spiro atoms. The number of nitrogens with zero attached hydrogens (tertiary/aromatic N) is 5. The van der Waals surface area contributed by atoms with Gasteiger partial charge in [-0.2, -0.15) is 4.98 Å². The van der Waals surface area contributed by atoms with Crippen LogP contribution < -0.4 is 14.7 Å². The molecule has 4 rings (SSSR count). The van der Waals surface area contributed by atoms with Crippen molar-refractivity contribution in [1.29, 1.82) is 0 Å². The normalized spacial score (nSPS) is 18.3. The van der Waals surface area contributed by atoms with Gasteiger partial charge in [0.05, 0.1) is 5.69 Å². The number of para-hydroxylation sites is 1. The van der Waals surface area contributed by atoms with E-state index in [1.807, 2.05) is 24.4 Å². The van der Waals surface area contributed by atoms with Crippen LogP contribution in [0.5, 0.6) is 0 Å². The van der Waals surface area contributed by atoms with Crippen molar-refractivity contribution in [3.63, 3.8) is 0 Å². The van der Waals surface area contributed by atoms with Gasteiger partial charge in [-0.15, -0.1) is 0 Å². The number of rotatable bonds is 3. The van der Waals surface area contributed by atoms with Gasteiger partial charge in [0.2, 0.25) is 5.95 Å². The second-order valence-corrected chi connectivity index (χ2v) is 6.33. The Kier molecular flexibility index (Phi) is 4.19. The Morgan fingerprint density at radius 3 is 2.25 bits per heavy atom. The van der Waals surface area contributed by atoms with E-state index < -0.39 is 0 Å². The van der Waals surface area contributed by atoms with Crippen LogP contribution in [0.4, 0.5) is 21.8 Å². The molecule has 0 aliphatic carbocycles. The van der Waals surface area contributed by atoms with Crippen molar-refractivity contribution in [2.24, 2.45) is 0 Å². The van der Waals surface area contributed by atoms with Crippen LogP contribution in [0.2, 0.25) is 0 Å². The first kappa shape index (κ1) is 15.2. The molecular weight excluding hydrogens is 305 g/mol.